The second-order valence-corrected chi connectivity index (χ2v) is 9.82. The van der Waals surface area contributed by atoms with Crippen LogP contribution in [-0.4, -0.2) is 75.6 Å². The Morgan fingerprint density at radius 1 is 1.18 bits per heavy atom. The van der Waals surface area contributed by atoms with Crippen LogP contribution in [0.2, 0.25) is 0 Å². The molecule has 1 spiro atoms. The van der Waals surface area contributed by atoms with Crippen molar-refractivity contribution < 1.29 is 31.5 Å². The number of aliphatic carboxylic acids is 1. The monoisotopic (exact) mass is 489 g/mol. The lowest BCUT2D eigenvalue weighted by atomic mass is 9.84. The number of aryl methyl sites for hydroxylation is 1. The molecule has 4 rings (SSSR count). The minimum absolute atomic E-state index is 0.164. The zero-order valence-corrected chi connectivity index (χ0v) is 19.1. The SMILES string of the molecule is CCN1CCn2c(C)cnc2C12CCN(S(=O)(=O)c1cccnc1)CC2.O=C(O)C(F)(F)F. The van der Waals surface area contributed by atoms with Gasteiger partial charge in [0.1, 0.15) is 10.7 Å². The van der Waals surface area contributed by atoms with E-state index in [1.54, 1.807) is 22.6 Å². The molecule has 0 aliphatic carbocycles. The van der Waals surface area contributed by atoms with E-state index in [9.17, 15) is 21.6 Å². The summed E-state index contributed by atoms with van der Waals surface area (Å²) in [5, 5.41) is 7.12. The van der Waals surface area contributed by atoms with E-state index in [0.717, 1.165) is 38.3 Å². The van der Waals surface area contributed by atoms with Gasteiger partial charge in [0.2, 0.25) is 10.0 Å². The molecule has 1 fully saturated rings. The maximum absolute atomic E-state index is 12.9. The van der Waals surface area contributed by atoms with E-state index in [1.807, 2.05) is 6.20 Å². The first kappa shape index (κ1) is 25.1. The number of rotatable bonds is 3. The van der Waals surface area contributed by atoms with E-state index >= 15 is 0 Å². The number of imidazole rings is 1. The number of hydrogen-bond donors (Lipinski definition) is 1. The average Bonchev–Trinajstić information content (AvgIpc) is 3.17. The van der Waals surface area contributed by atoms with Gasteiger partial charge < -0.3 is 9.67 Å². The number of carbonyl (C=O) groups is 1. The smallest absolute Gasteiger partial charge is 0.475 e. The maximum Gasteiger partial charge on any atom is 0.490 e. The van der Waals surface area contributed by atoms with Gasteiger partial charge in [0.05, 0.1) is 5.54 Å². The minimum Gasteiger partial charge on any atom is -0.475 e. The molecule has 4 heterocycles. The Hall–Kier alpha value is -2.51. The lowest BCUT2D eigenvalue weighted by molar-refractivity contribution is -0.192. The summed E-state index contributed by atoms with van der Waals surface area (Å²) in [4.78, 5) is 20.3. The summed E-state index contributed by atoms with van der Waals surface area (Å²) in [6, 6.07) is 3.28. The highest BCUT2D eigenvalue weighted by atomic mass is 32.2. The number of likely N-dealkylation sites (N-methyl/N-ethyl adjacent to an activating group) is 1. The zero-order valence-electron chi connectivity index (χ0n) is 18.3. The summed E-state index contributed by atoms with van der Waals surface area (Å²) in [6.07, 6.45) is 1.39. The normalized spacial score (nSPS) is 18.9. The van der Waals surface area contributed by atoms with Gasteiger partial charge in [-0.2, -0.15) is 17.5 Å². The number of carboxylic acid groups (broad SMARTS) is 1. The molecule has 0 unspecified atom stereocenters. The summed E-state index contributed by atoms with van der Waals surface area (Å²) in [5.41, 5.74) is 1.02. The fraction of sp³-hybridized carbons (Fsp3) is 0.550. The molecule has 9 nitrogen and oxygen atoms in total. The van der Waals surface area contributed by atoms with Gasteiger partial charge in [0.25, 0.3) is 0 Å². The highest BCUT2D eigenvalue weighted by Crippen LogP contribution is 2.41. The Morgan fingerprint density at radius 3 is 2.33 bits per heavy atom. The molecule has 0 amide bonds. The van der Waals surface area contributed by atoms with Crippen LogP contribution in [0.5, 0.6) is 0 Å². The topological polar surface area (TPSA) is 109 Å². The number of aromatic nitrogens is 3. The number of nitrogens with zero attached hydrogens (tertiary/aromatic N) is 5. The Kier molecular flexibility index (Phi) is 7.15. The van der Waals surface area contributed by atoms with Crippen molar-refractivity contribution in [3.63, 3.8) is 0 Å². The molecule has 0 radical (unpaired) electrons. The molecule has 0 saturated carbocycles. The third-order valence-corrected chi connectivity index (χ3v) is 8.00. The Bertz CT molecular complexity index is 1080. The number of piperidine rings is 1. The van der Waals surface area contributed by atoms with E-state index in [2.05, 4.69) is 28.3 Å². The maximum atomic E-state index is 12.9. The van der Waals surface area contributed by atoms with Gasteiger partial charge in [-0.25, -0.2) is 18.2 Å². The molecule has 0 atom stereocenters. The predicted octanol–water partition coefficient (Wildman–Crippen LogP) is 2.24. The van der Waals surface area contributed by atoms with Crippen LogP contribution >= 0.6 is 0 Å². The van der Waals surface area contributed by atoms with Crippen LogP contribution in [0, 0.1) is 6.92 Å². The van der Waals surface area contributed by atoms with Crippen molar-refractivity contribution in [3.05, 3.63) is 42.2 Å². The number of halogens is 3. The Balaban J connectivity index is 0.000000383. The van der Waals surface area contributed by atoms with Crippen molar-refractivity contribution in [1.82, 2.24) is 23.7 Å². The lowest BCUT2D eigenvalue weighted by Crippen LogP contribution is -2.58. The highest BCUT2D eigenvalue weighted by molar-refractivity contribution is 7.89. The molecular weight excluding hydrogens is 463 g/mol. The molecule has 2 aliphatic rings. The largest absolute Gasteiger partial charge is 0.490 e. The van der Waals surface area contributed by atoms with Crippen molar-refractivity contribution in [3.8, 4) is 0 Å². The first-order valence-electron chi connectivity index (χ1n) is 10.4. The van der Waals surface area contributed by atoms with Crippen molar-refractivity contribution in [2.45, 2.75) is 49.8 Å². The van der Waals surface area contributed by atoms with Gasteiger partial charge in [-0.1, -0.05) is 6.92 Å². The fourth-order valence-electron chi connectivity index (χ4n) is 4.44. The van der Waals surface area contributed by atoms with Crippen LogP contribution < -0.4 is 0 Å². The molecule has 1 N–H and O–H groups in total. The summed E-state index contributed by atoms with van der Waals surface area (Å²) < 4.78 is 61.5. The van der Waals surface area contributed by atoms with E-state index in [0.29, 0.717) is 13.1 Å². The van der Waals surface area contributed by atoms with Crippen LogP contribution in [0.15, 0.2) is 35.6 Å². The van der Waals surface area contributed by atoms with Crippen molar-refractivity contribution in [1.29, 1.82) is 0 Å². The van der Waals surface area contributed by atoms with Gasteiger partial charge >= 0.3 is 12.1 Å². The van der Waals surface area contributed by atoms with E-state index in [4.69, 9.17) is 14.9 Å². The number of hydrogen-bond acceptors (Lipinski definition) is 6. The van der Waals surface area contributed by atoms with Gasteiger partial charge in [0, 0.05) is 50.5 Å². The first-order valence-corrected chi connectivity index (χ1v) is 11.9. The number of carboxylic acids is 1. The molecule has 13 heteroatoms. The summed E-state index contributed by atoms with van der Waals surface area (Å²) in [5.74, 6) is -1.66. The summed E-state index contributed by atoms with van der Waals surface area (Å²) >= 11 is 0. The molecule has 0 bridgehead atoms. The number of alkyl halides is 3. The predicted molar refractivity (Wildman–Crippen MR) is 112 cm³/mol. The van der Waals surface area contributed by atoms with Crippen LogP contribution in [-0.2, 0) is 26.9 Å². The standard InChI is InChI=1S/C18H25N5O2S.C2HF3O2/c1-3-21-11-12-23-15(2)13-20-17(23)18(21)6-9-22(10-7-18)26(24,25)16-5-4-8-19-14-16;3-2(4,5)1(6)7/h4-5,8,13-14H,3,6-7,9-12H2,1-2H3;(H,6,7). The second-order valence-electron chi connectivity index (χ2n) is 7.88. The number of pyridine rings is 1. The highest BCUT2D eigenvalue weighted by Gasteiger charge is 2.48. The Labute approximate surface area is 189 Å². The number of fused-ring (bicyclic) bond motifs is 2. The fourth-order valence-corrected chi connectivity index (χ4v) is 5.84. The quantitative estimate of drug-likeness (QED) is 0.704. The minimum atomic E-state index is -5.08. The van der Waals surface area contributed by atoms with Gasteiger partial charge in [-0.3, -0.25) is 9.88 Å². The van der Waals surface area contributed by atoms with Crippen LogP contribution in [0.3, 0.4) is 0 Å². The van der Waals surface area contributed by atoms with Crippen molar-refractivity contribution in [2.75, 3.05) is 26.2 Å². The molecule has 2 aromatic heterocycles. The van der Waals surface area contributed by atoms with Crippen molar-refractivity contribution >= 4 is 16.0 Å². The third-order valence-electron chi connectivity index (χ3n) is 6.12. The van der Waals surface area contributed by atoms with E-state index in [1.165, 1.54) is 11.9 Å². The van der Waals surface area contributed by atoms with Gasteiger partial charge in [-0.15, -0.1) is 0 Å². The average molecular weight is 490 g/mol. The van der Waals surface area contributed by atoms with Gasteiger partial charge in [-0.05, 0) is 38.4 Å². The molecule has 0 aromatic carbocycles. The molecule has 182 valence electrons. The molecule has 1 saturated heterocycles. The summed E-state index contributed by atoms with van der Waals surface area (Å²) in [6.45, 7) is 8.14. The second kappa shape index (κ2) is 9.39. The third kappa shape index (κ3) is 4.89. The lowest BCUT2D eigenvalue weighted by Gasteiger charge is -2.50. The van der Waals surface area contributed by atoms with E-state index < -0.39 is 22.2 Å². The van der Waals surface area contributed by atoms with Gasteiger partial charge in [0.15, 0.2) is 0 Å². The summed E-state index contributed by atoms with van der Waals surface area (Å²) in [7, 11) is -3.49. The molecule has 33 heavy (non-hydrogen) atoms. The number of sulfonamides is 1. The van der Waals surface area contributed by atoms with Crippen molar-refractivity contribution in [2.24, 2.45) is 0 Å². The Morgan fingerprint density at radius 2 is 1.82 bits per heavy atom. The molecular formula is C20H26F3N5O4S. The zero-order chi connectivity index (χ0) is 24.4. The van der Waals surface area contributed by atoms with Crippen LogP contribution in [0.25, 0.3) is 0 Å². The first-order chi connectivity index (χ1) is 15.4. The van der Waals surface area contributed by atoms with Crippen LogP contribution in [0.1, 0.15) is 31.3 Å². The molecule has 2 aliphatic heterocycles. The van der Waals surface area contributed by atoms with Crippen LogP contribution in [0.4, 0.5) is 13.2 Å². The van der Waals surface area contributed by atoms with E-state index in [-0.39, 0.29) is 10.4 Å². The molecule has 2 aromatic rings.